The third-order valence-corrected chi connectivity index (χ3v) is 7.32. The first-order valence-electron chi connectivity index (χ1n) is 12.5. The summed E-state index contributed by atoms with van der Waals surface area (Å²) in [6.45, 7) is 5.00. The fourth-order valence-electron chi connectivity index (χ4n) is 5.54. The highest BCUT2D eigenvalue weighted by Crippen LogP contribution is 2.34. The first-order valence-corrected chi connectivity index (χ1v) is 12.5. The summed E-state index contributed by atoms with van der Waals surface area (Å²) in [6, 6.07) is 32.5. The Labute approximate surface area is 212 Å². The van der Waals surface area contributed by atoms with Gasteiger partial charge in [0.1, 0.15) is 5.82 Å². The van der Waals surface area contributed by atoms with Crippen LogP contribution in [0.1, 0.15) is 39.2 Å². The lowest BCUT2D eigenvalue weighted by Crippen LogP contribution is -2.04. The molecule has 0 bridgehead atoms. The lowest BCUT2D eigenvalue weighted by molar-refractivity contribution is 0.784. The highest BCUT2D eigenvalue weighted by Gasteiger charge is 2.19. The van der Waals surface area contributed by atoms with Gasteiger partial charge in [0.2, 0.25) is 0 Å². The number of benzene rings is 4. The topological polar surface area (TPSA) is 41.6 Å². The van der Waals surface area contributed by atoms with Gasteiger partial charge in [-0.2, -0.15) is 5.26 Å². The lowest BCUT2D eigenvalue weighted by atomic mass is 9.93. The molecule has 3 nitrogen and oxygen atoms in total. The van der Waals surface area contributed by atoms with Gasteiger partial charge in [-0.05, 0) is 88.9 Å². The zero-order chi connectivity index (χ0) is 24.6. The van der Waals surface area contributed by atoms with E-state index in [1.54, 1.807) is 6.08 Å². The summed E-state index contributed by atoms with van der Waals surface area (Å²) in [5.74, 6) is 1.02. The van der Waals surface area contributed by atoms with E-state index in [0.717, 1.165) is 36.3 Å². The molecule has 0 saturated heterocycles. The number of imidazole rings is 1. The molecule has 1 aliphatic rings. The summed E-state index contributed by atoms with van der Waals surface area (Å²) in [7, 11) is 0. The van der Waals surface area contributed by atoms with Gasteiger partial charge in [-0.15, -0.1) is 0 Å². The Kier molecular flexibility index (Phi) is 5.51. The van der Waals surface area contributed by atoms with E-state index in [-0.39, 0.29) is 0 Å². The van der Waals surface area contributed by atoms with E-state index in [4.69, 9.17) is 4.98 Å². The van der Waals surface area contributed by atoms with Crippen LogP contribution >= 0.6 is 0 Å². The van der Waals surface area contributed by atoms with E-state index >= 15 is 0 Å². The van der Waals surface area contributed by atoms with Crippen LogP contribution in [0.5, 0.6) is 0 Å². The number of aromatic nitrogens is 2. The maximum absolute atomic E-state index is 9.51. The first-order chi connectivity index (χ1) is 17.6. The van der Waals surface area contributed by atoms with E-state index in [1.807, 2.05) is 0 Å². The second kappa shape index (κ2) is 8.98. The molecule has 5 aromatic rings. The van der Waals surface area contributed by atoms with E-state index in [1.165, 1.54) is 50.0 Å². The van der Waals surface area contributed by atoms with Crippen LogP contribution in [0.3, 0.4) is 0 Å². The molecule has 1 heterocycles. The summed E-state index contributed by atoms with van der Waals surface area (Å²) in [4.78, 5) is 4.93. The number of nitriles is 1. The second-order valence-electron chi connectivity index (χ2n) is 9.61. The van der Waals surface area contributed by atoms with Gasteiger partial charge in [-0.25, -0.2) is 4.98 Å². The van der Waals surface area contributed by atoms with Crippen molar-refractivity contribution in [2.75, 3.05) is 0 Å². The minimum atomic E-state index is 0.761. The number of hydrogen-bond donors (Lipinski definition) is 0. The number of hydrogen-bond acceptors (Lipinski definition) is 2. The monoisotopic (exact) mass is 465 g/mol. The van der Waals surface area contributed by atoms with E-state index < -0.39 is 0 Å². The zero-order valence-electron chi connectivity index (χ0n) is 20.6. The van der Waals surface area contributed by atoms with Crippen molar-refractivity contribution in [3.63, 3.8) is 0 Å². The lowest BCUT2D eigenvalue weighted by Gasteiger charge is -2.14. The van der Waals surface area contributed by atoms with Gasteiger partial charge >= 0.3 is 0 Å². The average molecular weight is 466 g/mol. The molecule has 174 valence electrons. The van der Waals surface area contributed by atoms with Crippen molar-refractivity contribution in [1.82, 2.24) is 9.55 Å². The molecule has 0 radical (unpaired) electrons. The minimum Gasteiger partial charge on any atom is -0.324 e. The number of nitrogens with zero attached hydrogens (tertiary/aromatic N) is 3. The zero-order valence-corrected chi connectivity index (χ0v) is 20.6. The number of aryl methyl sites for hydroxylation is 4. The Bertz CT molecular complexity index is 1680. The molecule has 0 unspecified atom stereocenters. The molecule has 3 heteroatoms. The molecule has 1 aromatic heterocycles. The fraction of sp³-hybridized carbons (Fsp3) is 0.152. The quantitative estimate of drug-likeness (QED) is 0.260. The third kappa shape index (κ3) is 3.82. The van der Waals surface area contributed by atoms with Gasteiger partial charge in [0, 0.05) is 12.6 Å². The molecule has 0 aliphatic heterocycles. The fourth-order valence-corrected chi connectivity index (χ4v) is 5.54. The molecular formula is C33H27N3. The van der Waals surface area contributed by atoms with Gasteiger partial charge < -0.3 is 4.57 Å². The number of allylic oxidation sites excluding steroid dienone is 1. The second-order valence-corrected chi connectivity index (χ2v) is 9.61. The molecule has 0 spiro atoms. The summed E-state index contributed by atoms with van der Waals surface area (Å²) < 4.78 is 2.33. The standard InChI is InChI=1S/C33H27N3/c1-22-18-28(25-8-4-3-5-9-25)20-32-33(22)35-23(2)36(32)21-24-12-15-30-27(19-24)14-13-26-10-6-7-11-29(26)31(30)16-17-34/h3-12,15-16,18-20H,13-14,21H2,1-2H3/b31-16+. The van der Waals surface area contributed by atoms with Crippen LogP contribution in [0.15, 0.2) is 91.0 Å². The average Bonchev–Trinajstić information content (AvgIpc) is 3.13. The number of fused-ring (bicyclic) bond motifs is 3. The van der Waals surface area contributed by atoms with Gasteiger partial charge in [0.15, 0.2) is 0 Å². The molecule has 0 saturated carbocycles. The van der Waals surface area contributed by atoms with E-state index in [9.17, 15) is 5.26 Å². The minimum absolute atomic E-state index is 0.761. The Morgan fingerprint density at radius 2 is 1.58 bits per heavy atom. The Balaban J connectivity index is 1.42. The number of rotatable bonds is 3. The van der Waals surface area contributed by atoms with Gasteiger partial charge in [0.05, 0.1) is 17.1 Å². The Morgan fingerprint density at radius 3 is 2.42 bits per heavy atom. The largest absolute Gasteiger partial charge is 0.324 e. The van der Waals surface area contributed by atoms with Crippen LogP contribution in [0, 0.1) is 25.2 Å². The van der Waals surface area contributed by atoms with E-state index in [0.29, 0.717) is 0 Å². The molecule has 0 amide bonds. The van der Waals surface area contributed by atoms with Crippen LogP contribution in [0.25, 0.3) is 27.7 Å². The summed E-state index contributed by atoms with van der Waals surface area (Å²) in [6.07, 6.45) is 3.63. The highest BCUT2D eigenvalue weighted by atomic mass is 15.1. The van der Waals surface area contributed by atoms with Gasteiger partial charge in [-0.1, -0.05) is 72.8 Å². The molecule has 4 aromatic carbocycles. The van der Waals surface area contributed by atoms with Gasteiger partial charge in [0.25, 0.3) is 0 Å². The molecule has 0 N–H and O–H groups in total. The van der Waals surface area contributed by atoms with Crippen LogP contribution < -0.4 is 0 Å². The van der Waals surface area contributed by atoms with Crippen molar-refractivity contribution in [1.29, 1.82) is 5.26 Å². The van der Waals surface area contributed by atoms with Crippen molar-refractivity contribution < 1.29 is 0 Å². The predicted octanol–water partition coefficient (Wildman–Crippen LogP) is 7.42. The van der Waals surface area contributed by atoms with Crippen molar-refractivity contribution in [3.8, 4) is 17.2 Å². The van der Waals surface area contributed by atoms with Gasteiger partial charge in [-0.3, -0.25) is 0 Å². The van der Waals surface area contributed by atoms with E-state index in [2.05, 4.69) is 109 Å². The summed E-state index contributed by atoms with van der Waals surface area (Å²) in [5, 5.41) is 9.51. The molecule has 0 fully saturated rings. The summed E-state index contributed by atoms with van der Waals surface area (Å²) >= 11 is 0. The smallest absolute Gasteiger partial charge is 0.107 e. The normalized spacial score (nSPS) is 13.8. The molecular weight excluding hydrogens is 438 g/mol. The Hall–Kier alpha value is -4.42. The van der Waals surface area contributed by atoms with Crippen LogP contribution in [-0.2, 0) is 19.4 Å². The van der Waals surface area contributed by atoms with Crippen LogP contribution in [0.2, 0.25) is 0 Å². The maximum atomic E-state index is 9.51. The highest BCUT2D eigenvalue weighted by molar-refractivity contribution is 5.87. The van der Waals surface area contributed by atoms with Crippen molar-refractivity contribution in [2.24, 2.45) is 0 Å². The Morgan fingerprint density at radius 1 is 0.833 bits per heavy atom. The molecule has 36 heavy (non-hydrogen) atoms. The maximum Gasteiger partial charge on any atom is 0.107 e. The van der Waals surface area contributed by atoms with Crippen LogP contribution in [0.4, 0.5) is 0 Å². The molecule has 6 rings (SSSR count). The summed E-state index contributed by atoms with van der Waals surface area (Å²) in [5.41, 5.74) is 13.1. The first kappa shape index (κ1) is 22.1. The molecule has 0 atom stereocenters. The third-order valence-electron chi connectivity index (χ3n) is 7.32. The van der Waals surface area contributed by atoms with Crippen molar-refractivity contribution in [2.45, 2.75) is 33.2 Å². The SMILES string of the molecule is Cc1cc(-c2ccccc2)cc2c1nc(C)n2Cc1ccc2c(c1)CCc1ccccc1/C2=C\C#N. The molecule has 1 aliphatic carbocycles. The predicted molar refractivity (Wildman–Crippen MR) is 147 cm³/mol. The van der Waals surface area contributed by atoms with Crippen molar-refractivity contribution >= 4 is 16.6 Å². The van der Waals surface area contributed by atoms with Crippen LogP contribution in [-0.4, -0.2) is 9.55 Å². The van der Waals surface area contributed by atoms with Crippen molar-refractivity contribution in [3.05, 3.63) is 130 Å².